The third-order valence-corrected chi connectivity index (χ3v) is 6.42. The van der Waals surface area contributed by atoms with Crippen molar-refractivity contribution in [2.45, 2.75) is 23.9 Å². The van der Waals surface area contributed by atoms with Crippen LogP contribution in [0.2, 0.25) is 0 Å². The fraction of sp³-hybridized carbons (Fsp3) is 0.208. The zero-order valence-corrected chi connectivity index (χ0v) is 18.2. The van der Waals surface area contributed by atoms with Crippen LogP contribution in [0, 0.1) is 0 Å². The van der Waals surface area contributed by atoms with E-state index in [1.165, 1.54) is 16.3 Å². The lowest BCUT2D eigenvalue weighted by Crippen LogP contribution is -2.21. The average Bonchev–Trinajstić information content (AvgIpc) is 3.23. The third kappa shape index (κ3) is 4.01. The van der Waals surface area contributed by atoms with E-state index in [0.717, 1.165) is 17.0 Å². The number of aromatic nitrogens is 4. The highest BCUT2D eigenvalue weighted by Crippen LogP contribution is 2.33. The van der Waals surface area contributed by atoms with Crippen LogP contribution in [0.4, 0.5) is 0 Å². The van der Waals surface area contributed by atoms with E-state index in [-0.39, 0.29) is 23.2 Å². The van der Waals surface area contributed by atoms with Gasteiger partial charge in [-0.2, -0.15) is 4.98 Å². The van der Waals surface area contributed by atoms with E-state index in [2.05, 4.69) is 15.1 Å². The number of hydrogen-bond acceptors (Lipinski definition) is 7. The van der Waals surface area contributed by atoms with Crippen LogP contribution in [-0.4, -0.2) is 44.0 Å². The molecule has 7 nitrogen and oxygen atoms in total. The molecule has 1 aliphatic carbocycles. The summed E-state index contributed by atoms with van der Waals surface area (Å²) in [5, 5.41) is 4.87. The highest BCUT2D eigenvalue weighted by Gasteiger charge is 2.28. The van der Waals surface area contributed by atoms with Gasteiger partial charge in [-0.25, -0.2) is 9.50 Å². The summed E-state index contributed by atoms with van der Waals surface area (Å²) in [6, 6.07) is 16.9. The van der Waals surface area contributed by atoms with Gasteiger partial charge in [-0.3, -0.25) is 9.59 Å². The van der Waals surface area contributed by atoms with Gasteiger partial charge in [-0.05, 0) is 30.0 Å². The first kappa shape index (κ1) is 20.4. The van der Waals surface area contributed by atoms with Crippen molar-refractivity contribution in [2.75, 3.05) is 12.9 Å². The number of nitrogens with zero attached hydrogens (tertiary/aromatic N) is 4. The van der Waals surface area contributed by atoms with Crippen LogP contribution >= 0.6 is 11.8 Å². The van der Waals surface area contributed by atoms with Gasteiger partial charge in [0.25, 0.3) is 5.78 Å². The number of benzene rings is 2. The lowest BCUT2D eigenvalue weighted by molar-refractivity contribution is 0.0961. The maximum atomic E-state index is 12.8. The van der Waals surface area contributed by atoms with Crippen LogP contribution in [0.1, 0.15) is 44.3 Å². The van der Waals surface area contributed by atoms with Crippen LogP contribution < -0.4 is 4.74 Å². The standard InChI is InChI=1S/C24H20N4O3S/c1-31-18-9-7-15(8-10-18)17-11-20-19(21(29)12-17)13-28-23(25-20)26-24(27-28)32-14-22(30)16-5-3-2-4-6-16/h2-10,13,17H,11-12,14H2,1H3/t17-/m1/s1. The summed E-state index contributed by atoms with van der Waals surface area (Å²) in [6.45, 7) is 0. The highest BCUT2D eigenvalue weighted by atomic mass is 32.2. The molecule has 0 amide bonds. The quantitative estimate of drug-likeness (QED) is 0.328. The molecule has 8 heteroatoms. The second-order valence-electron chi connectivity index (χ2n) is 7.62. The summed E-state index contributed by atoms with van der Waals surface area (Å²) in [5.41, 5.74) is 3.07. The van der Waals surface area contributed by atoms with E-state index < -0.39 is 0 Å². The van der Waals surface area contributed by atoms with E-state index in [1.807, 2.05) is 42.5 Å². The van der Waals surface area contributed by atoms with Gasteiger partial charge in [0.2, 0.25) is 5.16 Å². The number of fused-ring (bicyclic) bond motifs is 2. The van der Waals surface area contributed by atoms with E-state index in [0.29, 0.717) is 34.9 Å². The SMILES string of the molecule is COc1ccc([C@H]2CC(=O)c3cn4nc(SCC(=O)c5ccccc5)nc4nc3C2)cc1. The Kier molecular flexibility index (Phi) is 5.45. The van der Waals surface area contributed by atoms with Gasteiger partial charge in [0.1, 0.15) is 5.75 Å². The van der Waals surface area contributed by atoms with Crippen molar-refractivity contribution in [3.63, 3.8) is 0 Å². The maximum absolute atomic E-state index is 12.8. The minimum Gasteiger partial charge on any atom is -0.497 e. The van der Waals surface area contributed by atoms with Crippen molar-refractivity contribution in [3.8, 4) is 5.75 Å². The summed E-state index contributed by atoms with van der Waals surface area (Å²) < 4.78 is 6.75. The van der Waals surface area contributed by atoms with Crippen LogP contribution in [0.3, 0.4) is 0 Å². The Bertz CT molecular complexity index is 1300. The van der Waals surface area contributed by atoms with Crippen LogP contribution in [0.5, 0.6) is 5.75 Å². The smallest absolute Gasteiger partial charge is 0.253 e. The Morgan fingerprint density at radius 3 is 2.62 bits per heavy atom. The van der Waals surface area contributed by atoms with Gasteiger partial charge < -0.3 is 4.74 Å². The van der Waals surface area contributed by atoms with Crippen molar-refractivity contribution < 1.29 is 14.3 Å². The minimum atomic E-state index is 0.0132. The molecule has 0 unspecified atom stereocenters. The summed E-state index contributed by atoms with van der Waals surface area (Å²) in [5.74, 6) is 1.58. The van der Waals surface area contributed by atoms with Gasteiger partial charge in [0.15, 0.2) is 11.6 Å². The molecule has 4 aromatic rings. The van der Waals surface area contributed by atoms with Crippen molar-refractivity contribution in [1.29, 1.82) is 0 Å². The molecule has 160 valence electrons. The van der Waals surface area contributed by atoms with Gasteiger partial charge in [-0.1, -0.05) is 54.2 Å². The zero-order chi connectivity index (χ0) is 22.1. The van der Waals surface area contributed by atoms with Crippen LogP contribution in [-0.2, 0) is 6.42 Å². The van der Waals surface area contributed by atoms with Crippen molar-refractivity contribution in [2.24, 2.45) is 0 Å². The molecule has 32 heavy (non-hydrogen) atoms. The maximum Gasteiger partial charge on any atom is 0.253 e. The molecule has 0 fully saturated rings. The number of carbonyl (C=O) groups excluding carboxylic acids is 2. The molecule has 2 heterocycles. The minimum absolute atomic E-state index is 0.0132. The summed E-state index contributed by atoms with van der Waals surface area (Å²) in [7, 11) is 1.63. The Morgan fingerprint density at radius 1 is 1.09 bits per heavy atom. The molecular formula is C24H20N4O3S. The summed E-state index contributed by atoms with van der Waals surface area (Å²) >= 11 is 1.26. The number of Topliss-reactive ketones (excluding diaryl/α,β-unsaturated/α-hetero) is 2. The number of ether oxygens (including phenoxy) is 1. The van der Waals surface area contributed by atoms with Crippen LogP contribution in [0.15, 0.2) is 66.0 Å². The largest absolute Gasteiger partial charge is 0.497 e. The average molecular weight is 445 g/mol. The van der Waals surface area contributed by atoms with Crippen LogP contribution in [0.25, 0.3) is 5.78 Å². The van der Waals surface area contributed by atoms with Crippen molar-refractivity contribution >= 4 is 29.1 Å². The Hall–Kier alpha value is -3.52. The van der Waals surface area contributed by atoms with Crippen molar-refractivity contribution in [3.05, 3.63) is 83.2 Å². The first-order valence-electron chi connectivity index (χ1n) is 10.2. The number of carbonyl (C=O) groups is 2. The number of hydrogen-bond donors (Lipinski definition) is 0. The van der Waals surface area contributed by atoms with E-state index in [4.69, 9.17) is 4.74 Å². The molecule has 0 spiro atoms. The topological polar surface area (TPSA) is 86.5 Å². The number of ketones is 2. The Balaban J connectivity index is 1.36. The lowest BCUT2D eigenvalue weighted by Gasteiger charge is -2.23. The number of methoxy groups -OCH3 is 1. The predicted octanol–water partition coefficient (Wildman–Crippen LogP) is 4.02. The molecule has 0 N–H and O–H groups in total. The molecule has 2 aromatic heterocycles. The molecule has 2 aromatic carbocycles. The van der Waals surface area contributed by atoms with Gasteiger partial charge >= 0.3 is 0 Å². The second kappa shape index (κ2) is 8.55. The Labute approximate surface area is 188 Å². The fourth-order valence-corrected chi connectivity index (χ4v) is 4.59. The summed E-state index contributed by atoms with van der Waals surface area (Å²) in [6.07, 6.45) is 2.79. The molecule has 1 atom stereocenters. The zero-order valence-electron chi connectivity index (χ0n) is 17.4. The molecule has 5 rings (SSSR count). The van der Waals surface area contributed by atoms with E-state index in [1.54, 1.807) is 25.4 Å². The summed E-state index contributed by atoms with van der Waals surface area (Å²) in [4.78, 5) is 34.3. The molecule has 0 saturated carbocycles. The van der Waals surface area contributed by atoms with Crippen molar-refractivity contribution in [1.82, 2.24) is 19.6 Å². The monoisotopic (exact) mass is 444 g/mol. The van der Waals surface area contributed by atoms with Gasteiger partial charge in [0.05, 0.1) is 24.1 Å². The first-order valence-corrected chi connectivity index (χ1v) is 11.2. The molecule has 0 saturated heterocycles. The predicted molar refractivity (Wildman–Crippen MR) is 121 cm³/mol. The number of rotatable bonds is 6. The van der Waals surface area contributed by atoms with Gasteiger partial charge in [-0.15, -0.1) is 5.10 Å². The highest BCUT2D eigenvalue weighted by molar-refractivity contribution is 7.99. The first-order chi connectivity index (χ1) is 15.6. The van der Waals surface area contributed by atoms with E-state index in [9.17, 15) is 9.59 Å². The van der Waals surface area contributed by atoms with E-state index >= 15 is 0 Å². The third-order valence-electron chi connectivity index (χ3n) is 5.58. The molecular weight excluding hydrogens is 424 g/mol. The lowest BCUT2D eigenvalue weighted by atomic mass is 9.82. The second-order valence-corrected chi connectivity index (χ2v) is 8.56. The molecule has 0 aliphatic heterocycles. The van der Waals surface area contributed by atoms with Gasteiger partial charge in [0, 0.05) is 18.2 Å². The molecule has 0 bridgehead atoms. The molecule has 0 radical (unpaired) electrons. The normalized spacial score (nSPS) is 15.5. The fourth-order valence-electron chi connectivity index (χ4n) is 3.87. The number of thioether (sulfide) groups is 1. The Morgan fingerprint density at radius 2 is 1.88 bits per heavy atom. The molecule has 1 aliphatic rings.